The van der Waals surface area contributed by atoms with Crippen molar-refractivity contribution in [3.8, 4) is 0 Å². The van der Waals surface area contributed by atoms with Gasteiger partial charge in [-0.3, -0.25) is 0 Å². The van der Waals surface area contributed by atoms with Crippen LogP contribution in [0.25, 0.3) is 10.8 Å². The van der Waals surface area contributed by atoms with Crippen molar-refractivity contribution in [3.63, 3.8) is 0 Å². The first-order valence-corrected chi connectivity index (χ1v) is 5.22. The van der Waals surface area contributed by atoms with Gasteiger partial charge in [0.05, 0.1) is 0 Å². The molecule has 0 aliphatic heterocycles. The zero-order chi connectivity index (χ0) is 10.4. The highest BCUT2D eigenvalue weighted by atomic mass is 14.0. The highest BCUT2D eigenvalue weighted by Gasteiger charge is 1.94. The van der Waals surface area contributed by atoms with Gasteiger partial charge < -0.3 is 0 Å². The number of rotatable bonds is 1. The second kappa shape index (κ2) is 5.29. The molecule has 0 radical (unpaired) electrons. The van der Waals surface area contributed by atoms with Crippen LogP contribution in [0, 0.1) is 12.1 Å². The second-order valence-electron chi connectivity index (χ2n) is 2.84. The largest absolute Gasteiger partial charge is 0.0693 e. The lowest BCUT2D eigenvalue weighted by Crippen LogP contribution is -1.80. The first-order chi connectivity index (χ1) is 6.92. The minimum absolute atomic E-state index is 1.06. The maximum atomic E-state index is 3.10. The molecule has 72 valence electrons. The van der Waals surface area contributed by atoms with Crippen LogP contribution in [0.3, 0.4) is 0 Å². The van der Waals surface area contributed by atoms with Crippen LogP contribution in [-0.4, -0.2) is 0 Å². The number of hydrogen-bond donors (Lipinski definition) is 0. The average molecular weight is 184 g/mol. The molecule has 14 heavy (non-hydrogen) atoms. The summed E-state index contributed by atoms with van der Waals surface area (Å²) in [5.74, 6) is 0. The maximum Gasteiger partial charge on any atom is 0.0324 e. The fraction of sp³-hybridized carbons (Fsp3) is 0.286. The fourth-order valence-electron chi connectivity index (χ4n) is 1.44. The minimum atomic E-state index is 1.06. The van der Waals surface area contributed by atoms with E-state index >= 15 is 0 Å². The van der Waals surface area contributed by atoms with Crippen molar-refractivity contribution in [1.82, 2.24) is 0 Å². The molecular formula is C14H16. The monoisotopic (exact) mass is 184 g/mol. The van der Waals surface area contributed by atoms with E-state index in [-0.39, 0.29) is 0 Å². The van der Waals surface area contributed by atoms with Gasteiger partial charge in [-0.1, -0.05) is 51.1 Å². The molecule has 0 saturated heterocycles. The summed E-state index contributed by atoms with van der Waals surface area (Å²) in [7, 11) is 0. The van der Waals surface area contributed by atoms with Crippen molar-refractivity contribution in [2.45, 2.75) is 27.2 Å². The van der Waals surface area contributed by atoms with E-state index in [1.165, 1.54) is 10.9 Å². The summed E-state index contributed by atoms with van der Waals surface area (Å²) in [5.41, 5.74) is 1.35. The Morgan fingerprint density at radius 1 is 1.14 bits per heavy atom. The van der Waals surface area contributed by atoms with Gasteiger partial charge in [0.1, 0.15) is 0 Å². The fourth-order valence-corrected chi connectivity index (χ4v) is 1.44. The third-order valence-electron chi connectivity index (χ3n) is 2.11. The van der Waals surface area contributed by atoms with Crippen LogP contribution in [0.15, 0.2) is 30.3 Å². The quantitative estimate of drug-likeness (QED) is 0.627. The summed E-state index contributed by atoms with van der Waals surface area (Å²) in [5, 5.41) is 2.47. The lowest BCUT2D eigenvalue weighted by molar-refractivity contribution is 1.16. The van der Waals surface area contributed by atoms with Crippen molar-refractivity contribution in [2.24, 2.45) is 0 Å². The van der Waals surface area contributed by atoms with Gasteiger partial charge in [-0.05, 0) is 29.5 Å². The van der Waals surface area contributed by atoms with Gasteiger partial charge in [-0.25, -0.2) is 0 Å². The van der Waals surface area contributed by atoms with Gasteiger partial charge in [0.15, 0.2) is 0 Å². The van der Waals surface area contributed by atoms with E-state index in [1.54, 1.807) is 0 Å². The van der Waals surface area contributed by atoms with Crippen LogP contribution in [-0.2, 0) is 6.42 Å². The lowest BCUT2D eigenvalue weighted by Gasteiger charge is -1.98. The van der Waals surface area contributed by atoms with E-state index in [0.717, 1.165) is 11.8 Å². The van der Waals surface area contributed by atoms with Gasteiger partial charge in [0.25, 0.3) is 0 Å². The normalized spacial score (nSPS) is 8.79. The van der Waals surface area contributed by atoms with Gasteiger partial charge in [0, 0.05) is 5.39 Å². The Morgan fingerprint density at radius 2 is 1.86 bits per heavy atom. The molecule has 0 N–H and O–H groups in total. The first kappa shape index (κ1) is 10.6. The topological polar surface area (TPSA) is 0 Å². The third-order valence-corrected chi connectivity index (χ3v) is 2.11. The second-order valence-corrected chi connectivity index (χ2v) is 2.84. The van der Waals surface area contributed by atoms with Crippen LogP contribution in [0.4, 0.5) is 0 Å². The Labute approximate surface area is 86.6 Å². The molecule has 0 heteroatoms. The molecule has 0 heterocycles. The predicted molar refractivity (Wildman–Crippen MR) is 62.3 cm³/mol. The summed E-state index contributed by atoms with van der Waals surface area (Å²) in [4.78, 5) is 0. The molecule has 2 aromatic rings. The van der Waals surface area contributed by atoms with Crippen LogP contribution in [0.1, 0.15) is 26.3 Å². The van der Waals surface area contributed by atoms with Crippen molar-refractivity contribution < 1.29 is 0 Å². The van der Waals surface area contributed by atoms with E-state index in [4.69, 9.17) is 0 Å². The van der Waals surface area contributed by atoms with E-state index in [9.17, 15) is 0 Å². The highest BCUT2D eigenvalue weighted by Crippen LogP contribution is 2.15. The summed E-state index contributed by atoms with van der Waals surface area (Å²) in [6.07, 6.45) is 1.06. The molecule has 0 spiro atoms. The summed E-state index contributed by atoms with van der Waals surface area (Å²) in [6, 6.07) is 16.5. The standard InChI is InChI=1S/C12H10.C2H6/c1-2-10-7-5-8-11-6-3-4-9-12(10)11;1-2/h3-4,6-7,9H,2H2,1H3;1-2H3. The Hall–Kier alpha value is -1.48. The number of aryl methyl sites for hydroxylation is 1. The molecule has 0 atom stereocenters. The molecule has 0 aliphatic rings. The number of hydrogen-bond acceptors (Lipinski definition) is 0. The predicted octanol–water partition coefficient (Wildman–Crippen LogP) is 4.03. The molecule has 2 aromatic carbocycles. The summed E-state index contributed by atoms with van der Waals surface area (Å²) >= 11 is 0. The third kappa shape index (κ3) is 2.06. The van der Waals surface area contributed by atoms with E-state index in [2.05, 4.69) is 37.3 Å². The molecule has 0 aliphatic carbocycles. The molecule has 0 unspecified atom stereocenters. The van der Waals surface area contributed by atoms with Gasteiger partial charge >= 0.3 is 0 Å². The van der Waals surface area contributed by atoms with Crippen LogP contribution in [0.2, 0.25) is 0 Å². The van der Waals surface area contributed by atoms with Gasteiger partial charge in [-0.15, -0.1) is 0 Å². The molecule has 2 rings (SSSR count). The Morgan fingerprint density at radius 3 is 2.57 bits per heavy atom. The van der Waals surface area contributed by atoms with Crippen molar-refractivity contribution >= 4 is 10.8 Å². The molecule has 0 aromatic heterocycles. The Kier molecular flexibility index (Phi) is 4.01. The van der Waals surface area contributed by atoms with E-state index in [1.807, 2.05) is 26.0 Å². The molecule has 0 nitrogen and oxygen atoms in total. The summed E-state index contributed by atoms with van der Waals surface area (Å²) < 4.78 is 0. The van der Waals surface area contributed by atoms with Crippen molar-refractivity contribution in [1.29, 1.82) is 0 Å². The van der Waals surface area contributed by atoms with Crippen LogP contribution >= 0.6 is 0 Å². The molecule has 0 saturated carbocycles. The summed E-state index contributed by atoms with van der Waals surface area (Å²) in [6.45, 7) is 6.16. The van der Waals surface area contributed by atoms with E-state index in [0.29, 0.717) is 0 Å². The first-order valence-electron chi connectivity index (χ1n) is 5.22. The van der Waals surface area contributed by atoms with Gasteiger partial charge in [0.2, 0.25) is 0 Å². The molecule has 0 bridgehead atoms. The van der Waals surface area contributed by atoms with Crippen LogP contribution < -0.4 is 0 Å². The van der Waals surface area contributed by atoms with Crippen LogP contribution in [0.5, 0.6) is 0 Å². The molecular weight excluding hydrogens is 168 g/mol. The number of benzene rings is 1. The lowest BCUT2D eigenvalue weighted by atomic mass is 10.1. The SMILES string of the molecule is CC.CCc1cc#cc2ccccc12. The smallest absolute Gasteiger partial charge is 0.0324 e. The number of fused-ring (bicyclic) bond motifs is 1. The maximum absolute atomic E-state index is 3.10. The zero-order valence-electron chi connectivity index (χ0n) is 9.09. The average Bonchev–Trinajstić information content (AvgIpc) is 2.31. The van der Waals surface area contributed by atoms with E-state index < -0.39 is 0 Å². The minimum Gasteiger partial charge on any atom is -0.0693 e. The van der Waals surface area contributed by atoms with Crippen molar-refractivity contribution in [2.75, 3.05) is 0 Å². The Balaban J connectivity index is 0.000000461. The highest BCUT2D eigenvalue weighted by molar-refractivity contribution is 5.83. The van der Waals surface area contributed by atoms with Crippen molar-refractivity contribution in [3.05, 3.63) is 48.0 Å². The molecule has 0 amide bonds. The molecule has 0 fully saturated rings. The van der Waals surface area contributed by atoms with Gasteiger partial charge in [-0.2, -0.15) is 0 Å². The Bertz CT molecular complexity index is 383. The zero-order valence-corrected chi connectivity index (χ0v) is 9.09.